The van der Waals surface area contributed by atoms with E-state index in [0.717, 1.165) is 6.54 Å². The van der Waals surface area contributed by atoms with Crippen molar-refractivity contribution in [2.45, 2.75) is 52.4 Å². The van der Waals surface area contributed by atoms with E-state index in [1.165, 1.54) is 47.0 Å². The summed E-state index contributed by atoms with van der Waals surface area (Å²) in [4.78, 5) is 2.55. The van der Waals surface area contributed by atoms with Gasteiger partial charge >= 0.3 is 0 Å². The monoisotopic (exact) mass is 373 g/mol. The van der Waals surface area contributed by atoms with Crippen LogP contribution in [0.1, 0.15) is 52.5 Å². The number of nitrogens with zero attached hydrogens (tertiary/aromatic N) is 1. The third kappa shape index (κ3) is 4.30. The summed E-state index contributed by atoms with van der Waals surface area (Å²) in [6, 6.07) is 13.4. The second-order valence-electron chi connectivity index (χ2n) is 7.63. The molecule has 0 unspecified atom stereocenters. The normalized spacial score (nSPS) is 16.7. The number of allylic oxidation sites excluding steroid dienone is 6. The second-order valence-corrected chi connectivity index (χ2v) is 7.63. The first-order chi connectivity index (χ1) is 13.6. The number of anilines is 1. The van der Waals surface area contributed by atoms with E-state index in [-0.39, 0.29) is 5.41 Å². The van der Waals surface area contributed by atoms with E-state index in [4.69, 9.17) is 0 Å². The molecule has 0 fully saturated rings. The van der Waals surface area contributed by atoms with Gasteiger partial charge in [-0.1, -0.05) is 88.2 Å². The van der Waals surface area contributed by atoms with Gasteiger partial charge in [-0.2, -0.15) is 0 Å². The molecule has 0 bridgehead atoms. The number of hydrogen-bond donors (Lipinski definition) is 0. The van der Waals surface area contributed by atoms with E-state index in [9.17, 15) is 0 Å². The van der Waals surface area contributed by atoms with Gasteiger partial charge in [0.05, 0.1) is 0 Å². The Kier molecular flexibility index (Phi) is 7.87. The fraction of sp³-hybridized carbons (Fsp3) is 0.333. The lowest BCUT2D eigenvalue weighted by Gasteiger charge is -2.27. The molecule has 0 aromatic heterocycles. The van der Waals surface area contributed by atoms with Crippen molar-refractivity contribution in [1.29, 1.82) is 0 Å². The first-order valence-electron chi connectivity index (χ1n) is 10.4. The first kappa shape index (κ1) is 21.8. The van der Waals surface area contributed by atoms with Gasteiger partial charge in [-0.3, -0.25) is 0 Å². The Balaban J connectivity index is 0.00000136. The zero-order valence-electron chi connectivity index (χ0n) is 18.0. The van der Waals surface area contributed by atoms with Gasteiger partial charge in [0.1, 0.15) is 0 Å². The Morgan fingerprint density at radius 1 is 0.964 bits per heavy atom. The van der Waals surface area contributed by atoms with Crippen LogP contribution in [0, 0.1) is 0 Å². The molecule has 0 saturated carbocycles. The van der Waals surface area contributed by atoms with Crippen molar-refractivity contribution >= 4 is 16.5 Å². The number of unbranched alkanes of at least 4 members (excludes halogenated alkanes) is 2. The number of fused-ring (bicyclic) bond motifs is 3. The van der Waals surface area contributed by atoms with Crippen molar-refractivity contribution in [3.05, 3.63) is 91.2 Å². The van der Waals surface area contributed by atoms with Gasteiger partial charge in [0.2, 0.25) is 0 Å². The second kappa shape index (κ2) is 10.1. The minimum absolute atomic E-state index is 0.00266. The van der Waals surface area contributed by atoms with Crippen molar-refractivity contribution in [2.24, 2.45) is 0 Å². The molecule has 1 heterocycles. The molecule has 1 nitrogen and oxygen atoms in total. The van der Waals surface area contributed by atoms with Crippen LogP contribution in [0.25, 0.3) is 10.8 Å². The standard InChI is InChI=1S/C25H31N.C2H4/c1-5-7-9-10-16-23-25(3,4)24-21-15-12-11-14-20(21)17-18-22(24)26(23)19-13-8-6-2;1-2/h5,7,9-12,14-18H,6,8,13,19H2,1-4H3;1-2H2/b7-5+,10-9+,23-16-;. The third-order valence-electron chi connectivity index (χ3n) is 5.41. The van der Waals surface area contributed by atoms with Gasteiger partial charge in [0.15, 0.2) is 0 Å². The molecule has 0 radical (unpaired) electrons. The average molecular weight is 374 g/mol. The molecule has 0 aliphatic carbocycles. The van der Waals surface area contributed by atoms with Crippen molar-refractivity contribution in [3.63, 3.8) is 0 Å². The van der Waals surface area contributed by atoms with Crippen LogP contribution in [0.4, 0.5) is 5.69 Å². The summed E-state index contributed by atoms with van der Waals surface area (Å²) in [5.74, 6) is 0. The van der Waals surface area contributed by atoms with Crippen molar-refractivity contribution in [2.75, 3.05) is 11.4 Å². The summed E-state index contributed by atoms with van der Waals surface area (Å²) in [7, 11) is 0. The summed E-state index contributed by atoms with van der Waals surface area (Å²) in [6.07, 6.45) is 14.5. The van der Waals surface area contributed by atoms with Gasteiger partial charge in [0, 0.05) is 23.3 Å². The number of hydrogen-bond acceptors (Lipinski definition) is 1. The third-order valence-corrected chi connectivity index (χ3v) is 5.41. The summed E-state index contributed by atoms with van der Waals surface area (Å²) in [6.45, 7) is 16.1. The summed E-state index contributed by atoms with van der Waals surface area (Å²) in [5, 5.41) is 2.72. The summed E-state index contributed by atoms with van der Waals surface area (Å²) < 4.78 is 0. The smallest absolute Gasteiger partial charge is 0.0457 e. The van der Waals surface area contributed by atoms with Gasteiger partial charge < -0.3 is 4.90 Å². The maximum atomic E-state index is 3.00. The van der Waals surface area contributed by atoms with E-state index in [0.29, 0.717) is 0 Å². The molecule has 2 aromatic rings. The molecule has 1 aliphatic rings. The maximum Gasteiger partial charge on any atom is 0.0457 e. The largest absolute Gasteiger partial charge is 0.344 e. The highest BCUT2D eigenvalue weighted by molar-refractivity contribution is 5.94. The molecule has 148 valence electrons. The number of rotatable bonds is 6. The summed E-state index contributed by atoms with van der Waals surface area (Å²) >= 11 is 0. The molecular formula is C27H35N. The van der Waals surface area contributed by atoms with E-state index in [1.54, 1.807) is 0 Å². The van der Waals surface area contributed by atoms with Crippen LogP contribution in [0.5, 0.6) is 0 Å². The van der Waals surface area contributed by atoms with Crippen LogP contribution in [-0.4, -0.2) is 6.54 Å². The lowest BCUT2D eigenvalue weighted by Crippen LogP contribution is -2.27. The van der Waals surface area contributed by atoms with Gasteiger partial charge in [-0.05, 0) is 41.8 Å². The molecule has 1 aliphatic heterocycles. The Morgan fingerprint density at radius 3 is 2.43 bits per heavy atom. The van der Waals surface area contributed by atoms with Crippen LogP contribution in [0.2, 0.25) is 0 Å². The van der Waals surface area contributed by atoms with E-state index in [1.807, 2.05) is 0 Å². The lowest BCUT2D eigenvalue weighted by molar-refractivity contribution is 0.622. The molecule has 2 aromatic carbocycles. The molecule has 0 spiro atoms. The minimum atomic E-state index is 0.00266. The van der Waals surface area contributed by atoms with Crippen molar-refractivity contribution < 1.29 is 0 Å². The molecule has 28 heavy (non-hydrogen) atoms. The fourth-order valence-electron chi connectivity index (χ4n) is 4.12. The van der Waals surface area contributed by atoms with E-state index < -0.39 is 0 Å². The van der Waals surface area contributed by atoms with Crippen LogP contribution >= 0.6 is 0 Å². The average Bonchev–Trinajstić information content (AvgIpc) is 2.94. The molecule has 1 heteroatoms. The van der Waals surface area contributed by atoms with Gasteiger partial charge in [-0.15, -0.1) is 13.2 Å². The predicted molar refractivity (Wildman–Crippen MR) is 127 cm³/mol. The highest BCUT2D eigenvalue weighted by Crippen LogP contribution is 2.50. The molecular weight excluding hydrogens is 338 g/mol. The molecule has 0 N–H and O–H groups in total. The van der Waals surface area contributed by atoms with Gasteiger partial charge in [-0.25, -0.2) is 0 Å². The van der Waals surface area contributed by atoms with Crippen LogP contribution < -0.4 is 4.90 Å². The molecule has 0 saturated heterocycles. The van der Waals surface area contributed by atoms with E-state index >= 15 is 0 Å². The Labute approximate surface area is 171 Å². The van der Waals surface area contributed by atoms with Crippen molar-refractivity contribution in [3.8, 4) is 0 Å². The van der Waals surface area contributed by atoms with E-state index in [2.05, 4.69) is 113 Å². The summed E-state index contributed by atoms with van der Waals surface area (Å²) in [5.41, 5.74) is 4.26. The van der Waals surface area contributed by atoms with Crippen LogP contribution in [0.3, 0.4) is 0 Å². The van der Waals surface area contributed by atoms with Crippen molar-refractivity contribution in [1.82, 2.24) is 0 Å². The SMILES string of the molecule is C/C=C/C=C/C=C1\N(CCCCC)c2ccc3ccccc3c2C1(C)C.C=C. The zero-order chi connectivity index (χ0) is 20.6. The maximum absolute atomic E-state index is 3.00. The zero-order valence-corrected chi connectivity index (χ0v) is 18.0. The fourth-order valence-corrected chi connectivity index (χ4v) is 4.12. The minimum Gasteiger partial charge on any atom is -0.344 e. The highest BCUT2D eigenvalue weighted by Gasteiger charge is 2.40. The Morgan fingerprint density at radius 2 is 1.71 bits per heavy atom. The molecule has 0 atom stereocenters. The number of benzene rings is 2. The van der Waals surface area contributed by atoms with Gasteiger partial charge in [0.25, 0.3) is 0 Å². The topological polar surface area (TPSA) is 3.24 Å². The molecule has 3 rings (SSSR count). The predicted octanol–water partition coefficient (Wildman–Crippen LogP) is 7.95. The first-order valence-corrected chi connectivity index (χ1v) is 10.4. The lowest BCUT2D eigenvalue weighted by atomic mass is 9.81. The Bertz CT molecular complexity index is 867. The highest BCUT2D eigenvalue weighted by atomic mass is 15.2. The van der Waals surface area contributed by atoms with Crippen LogP contribution in [-0.2, 0) is 5.41 Å². The van der Waals surface area contributed by atoms with Crippen LogP contribution in [0.15, 0.2) is 85.6 Å². The Hall–Kier alpha value is -2.54. The molecule has 0 amide bonds. The quantitative estimate of drug-likeness (QED) is 0.282.